The van der Waals surface area contributed by atoms with Crippen molar-refractivity contribution in [2.24, 2.45) is 0 Å². The van der Waals surface area contributed by atoms with E-state index in [0.717, 1.165) is 32.2 Å². The minimum absolute atomic E-state index is 0.0886. The number of nitrogens with zero attached hydrogens (tertiary/aromatic N) is 1. The summed E-state index contributed by atoms with van der Waals surface area (Å²) >= 11 is 12.3. The highest BCUT2D eigenvalue weighted by molar-refractivity contribution is 6.37. The van der Waals surface area contributed by atoms with Crippen molar-refractivity contribution in [2.75, 3.05) is 23.8 Å². The number of hydrogen-bond donors (Lipinski definition) is 3. The van der Waals surface area contributed by atoms with Gasteiger partial charge in [-0.05, 0) is 31.7 Å². The Labute approximate surface area is 123 Å². The van der Waals surface area contributed by atoms with Crippen LogP contribution in [-0.2, 0) is 0 Å². The third kappa shape index (κ3) is 3.25. The van der Waals surface area contributed by atoms with Gasteiger partial charge < -0.3 is 15.7 Å². The molecule has 1 heterocycles. The molecule has 0 spiro atoms. The topological polar surface area (TPSA) is 57.2 Å². The number of rotatable bonds is 6. The molecule has 3 N–H and O–H groups in total. The molecule has 1 aromatic heterocycles. The van der Waals surface area contributed by atoms with Crippen LogP contribution in [0.4, 0.5) is 11.6 Å². The molecular formula is C13H19Cl2N3O. The second-order valence-corrected chi connectivity index (χ2v) is 5.81. The highest BCUT2D eigenvalue weighted by Gasteiger charge is 2.37. The molecule has 1 aliphatic carbocycles. The summed E-state index contributed by atoms with van der Waals surface area (Å²) in [6.45, 7) is 2.97. The van der Waals surface area contributed by atoms with Gasteiger partial charge in [-0.2, -0.15) is 0 Å². The molecule has 1 saturated carbocycles. The second kappa shape index (κ2) is 6.16. The first kappa shape index (κ1) is 14.7. The number of halogens is 2. The van der Waals surface area contributed by atoms with Gasteiger partial charge in [0.25, 0.3) is 0 Å². The molecule has 0 aromatic carbocycles. The largest absolute Gasteiger partial charge is 0.394 e. The molecule has 2 rings (SSSR count). The van der Waals surface area contributed by atoms with Gasteiger partial charge in [0.05, 0.1) is 22.2 Å². The molecule has 0 bridgehead atoms. The van der Waals surface area contributed by atoms with E-state index in [1.54, 1.807) is 6.07 Å². The summed E-state index contributed by atoms with van der Waals surface area (Å²) in [6, 6.07) is 1.68. The summed E-state index contributed by atoms with van der Waals surface area (Å²) in [7, 11) is 0. The fourth-order valence-corrected chi connectivity index (χ4v) is 2.57. The monoisotopic (exact) mass is 303 g/mol. The van der Waals surface area contributed by atoms with Crippen LogP contribution in [0.25, 0.3) is 0 Å². The van der Waals surface area contributed by atoms with Crippen LogP contribution in [0.5, 0.6) is 0 Å². The highest BCUT2D eigenvalue weighted by atomic mass is 35.5. The predicted octanol–water partition coefficient (Wildman–Crippen LogP) is 3.54. The Morgan fingerprint density at radius 3 is 2.53 bits per heavy atom. The molecule has 0 unspecified atom stereocenters. The van der Waals surface area contributed by atoms with E-state index in [2.05, 4.69) is 22.5 Å². The molecule has 106 valence electrons. The lowest BCUT2D eigenvalue weighted by atomic mass is 9.77. The Balaban J connectivity index is 2.19. The van der Waals surface area contributed by atoms with E-state index >= 15 is 0 Å². The lowest BCUT2D eigenvalue weighted by Crippen LogP contribution is -2.48. The fraction of sp³-hybridized carbons (Fsp3) is 0.615. The molecule has 0 amide bonds. The maximum absolute atomic E-state index is 9.48. The predicted molar refractivity (Wildman–Crippen MR) is 80.3 cm³/mol. The Bertz CT molecular complexity index is 444. The first-order valence-electron chi connectivity index (χ1n) is 6.59. The van der Waals surface area contributed by atoms with Gasteiger partial charge in [-0.3, -0.25) is 0 Å². The number of aliphatic hydroxyl groups is 1. The lowest BCUT2D eigenvalue weighted by molar-refractivity contribution is 0.144. The first-order chi connectivity index (χ1) is 9.10. The quantitative estimate of drug-likeness (QED) is 0.752. The van der Waals surface area contributed by atoms with Crippen LogP contribution in [0.15, 0.2) is 6.07 Å². The highest BCUT2D eigenvalue weighted by Crippen LogP contribution is 2.37. The summed E-state index contributed by atoms with van der Waals surface area (Å²) in [5, 5.41) is 16.9. The molecule has 1 aromatic rings. The number of nitrogens with one attached hydrogen (secondary N) is 2. The van der Waals surface area contributed by atoms with Crippen molar-refractivity contribution in [3.8, 4) is 0 Å². The molecular weight excluding hydrogens is 285 g/mol. The number of aromatic nitrogens is 1. The zero-order chi connectivity index (χ0) is 13.9. The first-order valence-corrected chi connectivity index (χ1v) is 7.35. The van der Waals surface area contributed by atoms with E-state index in [-0.39, 0.29) is 12.1 Å². The minimum Gasteiger partial charge on any atom is -0.394 e. The van der Waals surface area contributed by atoms with Crippen molar-refractivity contribution in [1.29, 1.82) is 0 Å². The molecule has 1 aliphatic rings. The summed E-state index contributed by atoms with van der Waals surface area (Å²) < 4.78 is 0. The van der Waals surface area contributed by atoms with Gasteiger partial charge in [0.2, 0.25) is 0 Å². The maximum Gasteiger partial charge on any atom is 0.147 e. The van der Waals surface area contributed by atoms with Crippen molar-refractivity contribution in [1.82, 2.24) is 4.98 Å². The van der Waals surface area contributed by atoms with Crippen molar-refractivity contribution in [2.45, 2.75) is 38.1 Å². The van der Waals surface area contributed by atoms with Crippen molar-refractivity contribution < 1.29 is 5.11 Å². The Morgan fingerprint density at radius 1 is 1.32 bits per heavy atom. The van der Waals surface area contributed by atoms with Crippen molar-refractivity contribution >= 4 is 34.8 Å². The molecule has 0 saturated heterocycles. The van der Waals surface area contributed by atoms with Crippen molar-refractivity contribution in [3.63, 3.8) is 0 Å². The van der Waals surface area contributed by atoms with Crippen LogP contribution in [0, 0.1) is 0 Å². The van der Waals surface area contributed by atoms with Gasteiger partial charge >= 0.3 is 0 Å². The number of aliphatic hydroxyl groups excluding tert-OH is 1. The zero-order valence-electron chi connectivity index (χ0n) is 11.0. The smallest absolute Gasteiger partial charge is 0.147 e. The van der Waals surface area contributed by atoms with E-state index in [1.165, 1.54) is 0 Å². The van der Waals surface area contributed by atoms with Crippen LogP contribution in [0.1, 0.15) is 32.6 Å². The summed E-state index contributed by atoms with van der Waals surface area (Å²) in [6.07, 6.45) is 3.97. The van der Waals surface area contributed by atoms with Crippen molar-refractivity contribution in [3.05, 3.63) is 16.1 Å². The van der Waals surface area contributed by atoms with Gasteiger partial charge in [-0.15, -0.1) is 0 Å². The van der Waals surface area contributed by atoms with Gasteiger partial charge in [-0.1, -0.05) is 30.1 Å². The summed E-state index contributed by atoms with van der Waals surface area (Å²) in [4.78, 5) is 4.43. The molecule has 1 fully saturated rings. The van der Waals surface area contributed by atoms with Crippen LogP contribution < -0.4 is 10.6 Å². The van der Waals surface area contributed by atoms with E-state index in [1.807, 2.05) is 0 Å². The zero-order valence-corrected chi connectivity index (χ0v) is 12.5. The van der Waals surface area contributed by atoms with Gasteiger partial charge in [0.1, 0.15) is 11.6 Å². The lowest BCUT2D eigenvalue weighted by Gasteiger charge is -2.41. The minimum atomic E-state index is -0.271. The van der Waals surface area contributed by atoms with Gasteiger partial charge in [0, 0.05) is 6.54 Å². The van der Waals surface area contributed by atoms with E-state index in [0.29, 0.717) is 21.7 Å². The van der Waals surface area contributed by atoms with E-state index < -0.39 is 0 Å². The maximum atomic E-state index is 9.48. The van der Waals surface area contributed by atoms with Gasteiger partial charge in [0.15, 0.2) is 0 Å². The van der Waals surface area contributed by atoms with Gasteiger partial charge in [-0.25, -0.2) is 4.98 Å². The SMILES string of the molecule is CCCNc1nc(NC2(CO)CCC2)c(Cl)cc1Cl. The Morgan fingerprint density at radius 2 is 2.00 bits per heavy atom. The standard InChI is InChI=1S/C13H19Cl2N3O/c1-2-6-16-11-9(14)7-10(15)12(17-11)18-13(8-19)4-3-5-13/h7,19H,2-6,8H2,1H3,(H2,16,17,18). The van der Waals surface area contributed by atoms with Crippen LogP contribution in [0.2, 0.25) is 10.0 Å². The number of pyridine rings is 1. The molecule has 0 radical (unpaired) electrons. The average molecular weight is 304 g/mol. The van der Waals surface area contributed by atoms with Crippen LogP contribution in [0.3, 0.4) is 0 Å². The average Bonchev–Trinajstić information content (AvgIpc) is 2.35. The molecule has 6 heteroatoms. The van der Waals surface area contributed by atoms with Crippen LogP contribution in [-0.4, -0.2) is 28.8 Å². The third-order valence-electron chi connectivity index (χ3n) is 3.47. The normalized spacial score (nSPS) is 16.8. The molecule has 0 atom stereocenters. The summed E-state index contributed by atoms with van der Waals surface area (Å²) in [5.41, 5.74) is -0.271. The third-order valence-corrected chi connectivity index (χ3v) is 4.05. The Hall–Kier alpha value is -0.710. The Kier molecular flexibility index (Phi) is 4.76. The fourth-order valence-electron chi connectivity index (χ4n) is 2.10. The van der Waals surface area contributed by atoms with Crippen LogP contribution >= 0.6 is 23.2 Å². The second-order valence-electron chi connectivity index (χ2n) is 4.99. The molecule has 4 nitrogen and oxygen atoms in total. The molecule has 0 aliphatic heterocycles. The summed E-state index contributed by atoms with van der Waals surface area (Å²) in [5.74, 6) is 1.21. The van der Waals surface area contributed by atoms with E-state index in [9.17, 15) is 5.11 Å². The number of hydrogen-bond acceptors (Lipinski definition) is 4. The van der Waals surface area contributed by atoms with E-state index in [4.69, 9.17) is 23.2 Å². The molecule has 19 heavy (non-hydrogen) atoms. The number of anilines is 2.